The van der Waals surface area contributed by atoms with Gasteiger partial charge >= 0.3 is 23.9 Å². The van der Waals surface area contributed by atoms with Gasteiger partial charge in [0.15, 0.2) is 18.5 Å². The largest absolute Gasteiger partial charge is 0.463 e. The Morgan fingerprint density at radius 2 is 1.64 bits per heavy atom. The van der Waals surface area contributed by atoms with Crippen LogP contribution in [0.15, 0.2) is 11.6 Å². The van der Waals surface area contributed by atoms with E-state index in [0.29, 0.717) is 18.4 Å². The molecule has 0 amide bonds. The zero-order chi connectivity index (χ0) is 32.3. The summed E-state index contributed by atoms with van der Waals surface area (Å²) in [6, 6.07) is 0. The van der Waals surface area contributed by atoms with E-state index in [2.05, 4.69) is 13.8 Å². The van der Waals surface area contributed by atoms with Crippen LogP contribution in [0.2, 0.25) is 0 Å². The summed E-state index contributed by atoms with van der Waals surface area (Å²) in [7, 11) is 0. The van der Waals surface area contributed by atoms with Crippen molar-refractivity contribution in [3.63, 3.8) is 0 Å². The molecule has 12 atom stereocenters. The van der Waals surface area contributed by atoms with Crippen LogP contribution in [0.5, 0.6) is 0 Å². The molecule has 11 nitrogen and oxygen atoms in total. The van der Waals surface area contributed by atoms with E-state index in [4.69, 9.17) is 28.4 Å². The van der Waals surface area contributed by atoms with E-state index in [9.17, 15) is 24.3 Å². The topological polar surface area (TPSA) is 144 Å². The minimum Gasteiger partial charge on any atom is -0.463 e. The summed E-state index contributed by atoms with van der Waals surface area (Å²) in [5.41, 5.74) is 0.0469. The summed E-state index contributed by atoms with van der Waals surface area (Å²) in [5.74, 6) is -0.747. The molecule has 11 heteroatoms. The fraction of sp³-hybridized carbons (Fsp3) is 0.824. The molecule has 2 aliphatic heterocycles. The van der Waals surface area contributed by atoms with Crippen LogP contribution in [0, 0.1) is 34.5 Å². The Morgan fingerprint density at radius 1 is 0.911 bits per heavy atom. The van der Waals surface area contributed by atoms with Gasteiger partial charge in [-0.15, -0.1) is 0 Å². The maximum Gasteiger partial charge on any atom is 0.331 e. The third-order valence-electron chi connectivity index (χ3n) is 12.6. The molecule has 0 radical (unpaired) electrons. The van der Waals surface area contributed by atoms with Crippen LogP contribution in [0.4, 0.5) is 0 Å². The Bertz CT molecular complexity index is 1250. The first-order valence-electron chi connectivity index (χ1n) is 16.6. The van der Waals surface area contributed by atoms with E-state index in [-0.39, 0.29) is 41.3 Å². The number of cyclic esters (lactones) is 1. The van der Waals surface area contributed by atoms with Crippen molar-refractivity contribution in [2.45, 2.75) is 129 Å². The predicted octanol–water partition coefficient (Wildman–Crippen LogP) is 3.78. The van der Waals surface area contributed by atoms with E-state index >= 15 is 0 Å². The van der Waals surface area contributed by atoms with Crippen LogP contribution < -0.4 is 0 Å². The van der Waals surface area contributed by atoms with Crippen molar-refractivity contribution in [1.82, 2.24) is 0 Å². The fourth-order valence-corrected chi connectivity index (χ4v) is 10.5. The Balaban J connectivity index is 1.15. The first-order valence-corrected chi connectivity index (χ1v) is 16.6. The van der Waals surface area contributed by atoms with Crippen molar-refractivity contribution in [2.24, 2.45) is 34.5 Å². The molecule has 0 aromatic heterocycles. The highest BCUT2D eigenvalue weighted by atomic mass is 16.7. The lowest BCUT2D eigenvalue weighted by atomic mass is 9.43. The molecule has 4 saturated carbocycles. The number of carbonyl (C=O) groups excluding carboxylic acids is 4. The summed E-state index contributed by atoms with van der Waals surface area (Å²) in [5, 5.41) is 12.5. The SMILES string of the molecule is CC(=O)OC[C@H]1O[C@@H](OC2CC[C@@]3(C)C(CC[C@@H]4[C@@H]3CC[C@]3(C)[C@@H](C5=CC(=O)OC5)CC[C@@]43O)C2)[C@H](OC(C)=O)[C@@H]1OC(C)=O. The number of fused-ring (bicyclic) bond motifs is 5. The maximum atomic E-state index is 12.5. The van der Waals surface area contributed by atoms with Crippen molar-refractivity contribution in [3.8, 4) is 0 Å². The van der Waals surface area contributed by atoms with E-state index < -0.39 is 48.1 Å². The summed E-state index contributed by atoms with van der Waals surface area (Å²) < 4.78 is 34.1. The van der Waals surface area contributed by atoms with Crippen LogP contribution in [0.25, 0.3) is 0 Å². The number of aliphatic hydroxyl groups is 1. The standard InChI is InChI=1S/C34H48O11/c1-18(35)40-17-27-29(42-19(2)36)30(43-20(3)37)31(45-27)44-23-8-11-32(4)22(15-23)6-7-26-25(32)9-12-33(5)24(10-13-34(26,33)39)21-14-28(38)41-16-21/h14,22-27,29-31,39H,6-13,15-17H2,1-5H3/t22?,23?,24-,25+,26-,27-,29-,30-,31-,32+,33-,34-/m1/s1. The van der Waals surface area contributed by atoms with Gasteiger partial charge in [0.25, 0.3) is 0 Å². The van der Waals surface area contributed by atoms with Crippen molar-refractivity contribution in [2.75, 3.05) is 13.2 Å². The molecule has 1 N–H and O–H groups in total. The molecule has 45 heavy (non-hydrogen) atoms. The molecule has 0 aromatic rings. The van der Waals surface area contributed by atoms with E-state index in [1.54, 1.807) is 6.08 Å². The predicted molar refractivity (Wildman–Crippen MR) is 157 cm³/mol. The van der Waals surface area contributed by atoms with Gasteiger partial charge in [0, 0.05) is 32.3 Å². The molecule has 5 fully saturated rings. The quantitative estimate of drug-likeness (QED) is 0.323. The molecule has 1 saturated heterocycles. The van der Waals surface area contributed by atoms with Crippen LogP contribution in [-0.4, -0.2) is 78.5 Å². The van der Waals surface area contributed by atoms with Crippen LogP contribution in [0.3, 0.4) is 0 Å². The van der Waals surface area contributed by atoms with E-state index in [1.807, 2.05) is 0 Å². The monoisotopic (exact) mass is 632 g/mol. The highest BCUT2D eigenvalue weighted by Crippen LogP contribution is 2.70. The molecule has 0 aromatic carbocycles. The Labute approximate surface area is 264 Å². The first kappa shape index (κ1) is 32.4. The summed E-state index contributed by atoms with van der Waals surface area (Å²) in [6.07, 6.45) is 5.76. The third kappa shape index (κ3) is 5.60. The molecule has 250 valence electrons. The van der Waals surface area contributed by atoms with E-state index in [1.165, 1.54) is 20.8 Å². The number of carbonyl (C=O) groups is 4. The average Bonchev–Trinajstić information content (AvgIpc) is 3.61. The Morgan fingerprint density at radius 3 is 2.31 bits per heavy atom. The van der Waals surface area contributed by atoms with Crippen molar-refractivity contribution < 1.29 is 52.7 Å². The number of ether oxygens (including phenoxy) is 6. The second-order valence-electron chi connectivity index (χ2n) is 14.8. The minimum absolute atomic E-state index is 0.0492. The molecule has 2 heterocycles. The van der Waals surface area contributed by atoms with Crippen LogP contribution in [0.1, 0.15) is 92.4 Å². The van der Waals surface area contributed by atoms with Gasteiger partial charge < -0.3 is 33.5 Å². The normalized spacial score (nSPS) is 45.4. The maximum absolute atomic E-state index is 12.5. The number of esters is 4. The van der Waals surface area contributed by atoms with Gasteiger partial charge in [0.2, 0.25) is 0 Å². The lowest BCUT2D eigenvalue weighted by molar-refractivity contribution is -0.234. The van der Waals surface area contributed by atoms with Gasteiger partial charge in [-0.1, -0.05) is 13.8 Å². The summed E-state index contributed by atoms with van der Waals surface area (Å²) >= 11 is 0. The molecular formula is C34H48O11. The molecule has 6 rings (SSSR count). The summed E-state index contributed by atoms with van der Waals surface area (Å²) in [4.78, 5) is 47.3. The second kappa shape index (κ2) is 11.9. The summed E-state index contributed by atoms with van der Waals surface area (Å²) in [6.45, 7) is 8.64. The smallest absolute Gasteiger partial charge is 0.331 e. The van der Waals surface area contributed by atoms with Crippen molar-refractivity contribution in [1.29, 1.82) is 0 Å². The van der Waals surface area contributed by atoms with Gasteiger partial charge in [-0.05, 0) is 92.4 Å². The second-order valence-corrected chi connectivity index (χ2v) is 14.8. The third-order valence-corrected chi connectivity index (χ3v) is 12.6. The minimum atomic E-state index is -0.993. The van der Waals surface area contributed by atoms with Crippen LogP contribution >= 0.6 is 0 Å². The molecule has 6 aliphatic rings. The molecule has 0 bridgehead atoms. The van der Waals surface area contributed by atoms with Crippen molar-refractivity contribution >= 4 is 23.9 Å². The molecular weight excluding hydrogens is 584 g/mol. The lowest BCUT2D eigenvalue weighted by Gasteiger charge is -2.63. The fourth-order valence-electron chi connectivity index (χ4n) is 10.5. The zero-order valence-corrected chi connectivity index (χ0v) is 27.1. The van der Waals surface area contributed by atoms with E-state index in [0.717, 1.165) is 63.4 Å². The first-order chi connectivity index (χ1) is 21.2. The molecule has 0 spiro atoms. The Hall–Kier alpha value is -2.50. The lowest BCUT2D eigenvalue weighted by Crippen LogP contribution is -2.62. The number of rotatable bonds is 7. The number of hydrogen-bond donors (Lipinski definition) is 1. The average molecular weight is 633 g/mol. The Kier molecular flexibility index (Phi) is 8.61. The van der Waals surface area contributed by atoms with Gasteiger partial charge in [-0.25, -0.2) is 4.79 Å². The van der Waals surface area contributed by atoms with Gasteiger partial charge in [0.1, 0.15) is 19.3 Å². The van der Waals surface area contributed by atoms with Crippen LogP contribution in [-0.2, 0) is 47.6 Å². The molecule has 4 aliphatic carbocycles. The molecule has 2 unspecified atom stereocenters. The van der Waals surface area contributed by atoms with Gasteiger partial charge in [-0.2, -0.15) is 0 Å². The van der Waals surface area contributed by atoms with Crippen molar-refractivity contribution in [3.05, 3.63) is 11.6 Å². The van der Waals surface area contributed by atoms with Gasteiger partial charge in [0.05, 0.1) is 11.7 Å². The highest BCUT2D eigenvalue weighted by Gasteiger charge is 2.68. The highest BCUT2D eigenvalue weighted by molar-refractivity contribution is 5.85. The van der Waals surface area contributed by atoms with Gasteiger partial charge in [-0.3, -0.25) is 14.4 Å². The number of hydrogen-bond acceptors (Lipinski definition) is 11. The zero-order valence-electron chi connectivity index (χ0n) is 27.1.